The van der Waals surface area contributed by atoms with Gasteiger partial charge in [-0.15, -0.1) is 0 Å². The lowest BCUT2D eigenvalue weighted by molar-refractivity contribution is 0.147. The van der Waals surface area contributed by atoms with Gasteiger partial charge in [0, 0.05) is 6.42 Å². The molecule has 0 aromatic heterocycles. The smallest absolute Gasteiger partial charge is 0.0851 e. The molecular formula is C21H42O2. The van der Waals surface area contributed by atoms with Crippen LogP contribution in [0.3, 0.4) is 0 Å². The highest BCUT2D eigenvalue weighted by molar-refractivity contribution is 4.77. The van der Waals surface area contributed by atoms with E-state index in [0.717, 1.165) is 25.7 Å². The average molecular weight is 327 g/mol. The molecule has 2 nitrogen and oxygen atoms in total. The molecule has 0 aromatic carbocycles. The van der Waals surface area contributed by atoms with Crippen LogP contribution in [0.25, 0.3) is 0 Å². The van der Waals surface area contributed by atoms with Crippen molar-refractivity contribution >= 4 is 0 Å². The molecule has 0 aliphatic carbocycles. The molecule has 0 spiro atoms. The van der Waals surface area contributed by atoms with Crippen molar-refractivity contribution in [1.29, 1.82) is 0 Å². The summed E-state index contributed by atoms with van der Waals surface area (Å²) in [6.07, 6.45) is 20.5. The first-order valence-electron chi connectivity index (χ1n) is 10.2. The fourth-order valence-corrected chi connectivity index (χ4v) is 3.07. The number of unbranched alkanes of at least 4 members (excludes halogenated alkanes) is 12. The van der Waals surface area contributed by atoms with Crippen molar-refractivity contribution in [2.24, 2.45) is 0 Å². The minimum Gasteiger partial charge on any atom is -0.513 e. The third kappa shape index (κ3) is 19.5. The molecule has 0 rings (SSSR count). The molecule has 2 N–H and O–H groups in total. The van der Waals surface area contributed by atoms with Crippen LogP contribution in [0.15, 0.2) is 12.3 Å². The second-order valence-corrected chi connectivity index (χ2v) is 7.14. The SMILES string of the molecule is C=C(O)CCCCCCCCCCCC[C@H](O)CCCCCC. The minimum absolute atomic E-state index is 0.0538. The molecule has 0 saturated heterocycles. The van der Waals surface area contributed by atoms with Gasteiger partial charge in [0.1, 0.15) is 0 Å². The Bertz CT molecular complexity index is 250. The minimum atomic E-state index is -0.0538. The standard InChI is InChI=1S/C21H42O2/c1-3-4-5-15-18-21(23)19-16-13-11-9-7-6-8-10-12-14-17-20(2)22/h21-23H,2-19H2,1H3/t21-/m1/s1. The summed E-state index contributed by atoms with van der Waals surface area (Å²) in [5.74, 6) is 0.330. The van der Waals surface area contributed by atoms with E-state index in [4.69, 9.17) is 5.11 Å². The van der Waals surface area contributed by atoms with Gasteiger partial charge >= 0.3 is 0 Å². The van der Waals surface area contributed by atoms with E-state index in [0.29, 0.717) is 5.76 Å². The van der Waals surface area contributed by atoms with Gasteiger partial charge in [0.2, 0.25) is 0 Å². The zero-order chi connectivity index (χ0) is 17.2. The van der Waals surface area contributed by atoms with E-state index in [1.807, 2.05) is 0 Å². The van der Waals surface area contributed by atoms with E-state index >= 15 is 0 Å². The summed E-state index contributed by atoms with van der Waals surface area (Å²) in [6, 6.07) is 0. The summed E-state index contributed by atoms with van der Waals surface area (Å²) in [5, 5.41) is 18.9. The van der Waals surface area contributed by atoms with Gasteiger partial charge < -0.3 is 10.2 Å². The second kappa shape index (κ2) is 17.8. The molecule has 0 aliphatic heterocycles. The van der Waals surface area contributed by atoms with E-state index in [1.165, 1.54) is 83.5 Å². The number of hydrogen-bond donors (Lipinski definition) is 2. The van der Waals surface area contributed by atoms with Gasteiger partial charge in [-0.25, -0.2) is 0 Å². The van der Waals surface area contributed by atoms with Crippen LogP contribution in [-0.4, -0.2) is 16.3 Å². The Hall–Kier alpha value is -0.500. The summed E-state index contributed by atoms with van der Waals surface area (Å²) in [7, 11) is 0. The summed E-state index contributed by atoms with van der Waals surface area (Å²) in [6.45, 7) is 5.74. The van der Waals surface area contributed by atoms with Gasteiger partial charge in [0.25, 0.3) is 0 Å². The van der Waals surface area contributed by atoms with Crippen molar-refractivity contribution in [2.45, 2.75) is 122 Å². The first-order chi connectivity index (χ1) is 11.2. The normalized spacial score (nSPS) is 12.4. The topological polar surface area (TPSA) is 40.5 Å². The van der Waals surface area contributed by atoms with Crippen LogP contribution < -0.4 is 0 Å². The van der Waals surface area contributed by atoms with Gasteiger partial charge in [-0.05, 0) is 19.3 Å². The number of allylic oxidation sites excluding steroid dienone is 1. The monoisotopic (exact) mass is 326 g/mol. The van der Waals surface area contributed by atoms with Gasteiger partial charge in [0.15, 0.2) is 0 Å². The van der Waals surface area contributed by atoms with Gasteiger partial charge in [-0.1, -0.05) is 97.0 Å². The Balaban J connectivity index is 3.11. The highest BCUT2D eigenvalue weighted by Gasteiger charge is 2.03. The zero-order valence-electron chi connectivity index (χ0n) is 15.7. The van der Waals surface area contributed by atoms with E-state index in [-0.39, 0.29) is 6.10 Å². The molecular weight excluding hydrogens is 284 g/mol. The summed E-state index contributed by atoms with van der Waals surface area (Å²) < 4.78 is 0. The quantitative estimate of drug-likeness (QED) is 0.209. The van der Waals surface area contributed by atoms with Crippen LogP contribution in [0.4, 0.5) is 0 Å². The van der Waals surface area contributed by atoms with Crippen LogP contribution in [0, 0.1) is 0 Å². The number of aliphatic hydroxyl groups excluding tert-OH is 2. The summed E-state index contributed by atoms with van der Waals surface area (Å²) in [4.78, 5) is 0. The summed E-state index contributed by atoms with van der Waals surface area (Å²) in [5.41, 5.74) is 0. The predicted octanol–water partition coefficient (Wildman–Crippen LogP) is 7.07. The predicted molar refractivity (Wildman–Crippen MR) is 102 cm³/mol. The maximum Gasteiger partial charge on any atom is 0.0851 e. The fourth-order valence-electron chi connectivity index (χ4n) is 3.07. The molecule has 0 unspecified atom stereocenters. The fraction of sp³-hybridized carbons (Fsp3) is 0.905. The van der Waals surface area contributed by atoms with E-state index in [9.17, 15) is 5.11 Å². The summed E-state index contributed by atoms with van der Waals surface area (Å²) >= 11 is 0. The van der Waals surface area contributed by atoms with Crippen molar-refractivity contribution in [2.75, 3.05) is 0 Å². The van der Waals surface area contributed by atoms with Crippen molar-refractivity contribution in [3.63, 3.8) is 0 Å². The van der Waals surface area contributed by atoms with Gasteiger partial charge in [-0.3, -0.25) is 0 Å². The highest BCUT2D eigenvalue weighted by Crippen LogP contribution is 2.15. The molecule has 0 amide bonds. The molecule has 0 fully saturated rings. The number of hydrogen-bond acceptors (Lipinski definition) is 2. The maximum atomic E-state index is 9.91. The van der Waals surface area contributed by atoms with Crippen molar-refractivity contribution in [3.05, 3.63) is 12.3 Å². The van der Waals surface area contributed by atoms with E-state index in [2.05, 4.69) is 13.5 Å². The maximum absolute atomic E-state index is 9.91. The third-order valence-corrected chi connectivity index (χ3v) is 4.64. The third-order valence-electron chi connectivity index (χ3n) is 4.64. The first kappa shape index (κ1) is 22.5. The van der Waals surface area contributed by atoms with Crippen LogP contribution in [-0.2, 0) is 0 Å². The second-order valence-electron chi connectivity index (χ2n) is 7.14. The Morgan fingerprint density at radius 2 is 1.09 bits per heavy atom. The molecule has 0 aliphatic rings. The molecule has 0 aromatic rings. The molecule has 1 atom stereocenters. The van der Waals surface area contributed by atoms with Crippen LogP contribution in [0.1, 0.15) is 116 Å². The van der Waals surface area contributed by atoms with Crippen LogP contribution in [0.5, 0.6) is 0 Å². The lowest BCUT2D eigenvalue weighted by atomic mass is 10.0. The van der Waals surface area contributed by atoms with Crippen LogP contribution >= 0.6 is 0 Å². The van der Waals surface area contributed by atoms with Gasteiger partial charge in [0.05, 0.1) is 11.9 Å². The molecule has 23 heavy (non-hydrogen) atoms. The molecule has 0 bridgehead atoms. The van der Waals surface area contributed by atoms with Gasteiger partial charge in [-0.2, -0.15) is 0 Å². The van der Waals surface area contributed by atoms with E-state index in [1.54, 1.807) is 0 Å². The Labute approximate surface area is 145 Å². The highest BCUT2D eigenvalue weighted by atomic mass is 16.3. The number of rotatable bonds is 18. The van der Waals surface area contributed by atoms with Crippen molar-refractivity contribution < 1.29 is 10.2 Å². The largest absolute Gasteiger partial charge is 0.513 e. The molecule has 2 heteroatoms. The van der Waals surface area contributed by atoms with Crippen molar-refractivity contribution in [1.82, 2.24) is 0 Å². The molecule has 0 heterocycles. The molecule has 0 radical (unpaired) electrons. The Morgan fingerprint density at radius 3 is 1.52 bits per heavy atom. The first-order valence-corrected chi connectivity index (χ1v) is 10.2. The lowest BCUT2D eigenvalue weighted by Crippen LogP contribution is -2.05. The lowest BCUT2D eigenvalue weighted by Gasteiger charge is -2.10. The zero-order valence-corrected chi connectivity index (χ0v) is 15.7. The van der Waals surface area contributed by atoms with Crippen molar-refractivity contribution in [3.8, 4) is 0 Å². The Morgan fingerprint density at radius 1 is 0.696 bits per heavy atom. The number of aliphatic hydroxyl groups is 2. The molecule has 0 saturated carbocycles. The van der Waals surface area contributed by atoms with E-state index < -0.39 is 0 Å². The average Bonchev–Trinajstić information content (AvgIpc) is 2.52. The molecule has 138 valence electrons. The Kier molecular flexibility index (Phi) is 17.5. The van der Waals surface area contributed by atoms with Crippen LogP contribution in [0.2, 0.25) is 0 Å².